The van der Waals surface area contributed by atoms with Crippen LogP contribution in [0, 0.1) is 17.8 Å². The van der Waals surface area contributed by atoms with Crippen molar-refractivity contribution in [3.8, 4) is 0 Å². The van der Waals surface area contributed by atoms with E-state index in [0.29, 0.717) is 0 Å². The molecule has 0 nitrogen and oxygen atoms in total. The third-order valence-corrected chi connectivity index (χ3v) is 0. The first kappa shape index (κ1) is 23.1. The van der Waals surface area contributed by atoms with Crippen LogP contribution in [0.1, 0.15) is 69.7 Å². The molecule has 0 fully saturated rings. The highest BCUT2D eigenvalue weighted by Crippen LogP contribution is 1.81. The Morgan fingerprint density at radius 3 is 0.385 bits per heavy atom. The van der Waals surface area contributed by atoms with E-state index in [2.05, 4.69) is 62.3 Å². The monoisotopic (exact) mass is 190 g/mol. The van der Waals surface area contributed by atoms with Crippen molar-refractivity contribution < 1.29 is 0 Å². The zero-order valence-electron chi connectivity index (χ0n) is 10.7. The average molecular weight is 190 g/mol. The molecule has 0 aliphatic rings. The molecule has 0 heterocycles. The van der Waals surface area contributed by atoms with Crippen LogP contribution in [0.4, 0.5) is 0 Å². The molecule has 0 radical (unpaired) electrons. The Hall–Kier alpha value is 0. The third-order valence-electron chi connectivity index (χ3n) is 0. The summed E-state index contributed by atoms with van der Waals surface area (Å²) in [5.41, 5.74) is 0. The maximum absolute atomic E-state index is 2.17. The number of hydrogen-bond acceptors (Lipinski definition) is 0. The Morgan fingerprint density at radius 1 is 0.385 bits per heavy atom. The molecular formula is C13H34. The van der Waals surface area contributed by atoms with E-state index in [9.17, 15) is 0 Å². The molecule has 0 N–H and O–H groups in total. The van der Waals surface area contributed by atoms with Crippen molar-refractivity contribution in [3.63, 3.8) is 0 Å². The second-order valence-electron chi connectivity index (χ2n) is 5.20. The molecule has 0 unspecified atom stereocenters. The minimum Gasteiger partial charge on any atom is -0.0776 e. The standard InChI is InChI=1S/3C4H10.CH4/c3*1-4(2)3;/h3*4H,1-3H3;1H4. The van der Waals surface area contributed by atoms with E-state index >= 15 is 0 Å². The van der Waals surface area contributed by atoms with E-state index in [1.807, 2.05) is 0 Å². The molecule has 0 aliphatic heterocycles. The SMILES string of the molecule is C.CC(C)C.CC(C)C.CC(C)C. The van der Waals surface area contributed by atoms with Crippen LogP contribution in [-0.4, -0.2) is 0 Å². The first-order chi connectivity index (χ1) is 5.20. The highest BCUT2D eigenvalue weighted by atomic mass is 13.8. The van der Waals surface area contributed by atoms with Crippen molar-refractivity contribution in [1.29, 1.82) is 0 Å². The molecule has 0 saturated carbocycles. The maximum Gasteiger partial charge on any atom is -0.0500 e. The quantitative estimate of drug-likeness (QED) is 0.465. The van der Waals surface area contributed by atoms with E-state index in [0.717, 1.165) is 17.8 Å². The lowest BCUT2D eigenvalue weighted by Gasteiger charge is -1.79. The minimum atomic E-state index is 0. The summed E-state index contributed by atoms with van der Waals surface area (Å²) in [5, 5.41) is 0. The van der Waals surface area contributed by atoms with E-state index in [-0.39, 0.29) is 7.43 Å². The molecule has 0 aromatic rings. The van der Waals surface area contributed by atoms with E-state index in [1.54, 1.807) is 0 Å². The summed E-state index contributed by atoms with van der Waals surface area (Å²) < 4.78 is 0. The molecule has 0 aliphatic carbocycles. The molecular weight excluding hydrogens is 156 g/mol. The van der Waals surface area contributed by atoms with Gasteiger partial charge in [0.15, 0.2) is 0 Å². The normalized spacial score (nSPS) is 8.31. The first-order valence-corrected chi connectivity index (χ1v) is 5.20. The fourth-order valence-corrected chi connectivity index (χ4v) is 0. The zero-order valence-corrected chi connectivity index (χ0v) is 10.7. The van der Waals surface area contributed by atoms with Gasteiger partial charge < -0.3 is 0 Å². The topological polar surface area (TPSA) is 0 Å². The smallest absolute Gasteiger partial charge is 0.0500 e. The summed E-state index contributed by atoms with van der Waals surface area (Å²) in [6, 6.07) is 0. The minimum absolute atomic E-state index is 0. The van der Waals surface area contributed by atoms with Crippen molar-refractivity contribution in [3.05, 3.63) is 0 Å². The Labute approximate surface area is 88.1 Å². The van der Waals surface area contributed by atoms with Gasteiger partial charge >= 0.3 is 0 Å². The van der Waals surface area contributed by atoms with E-state index < -0.39 is 0 Å². The lowest BCUT2D eigenvalue weighted by atomic mass is 10.3. The molecule has 0 saturated heterocycles. The fraction of sp³-hybridized carbons (Fsp3) is 1.00. The summed E-state index contributed by atoms with van der Waals surface area (Å²) >= 11 is 0. The van der Waals surface area contributed by atoms with Crippen molar-refractivity contribution >= 4 is 0 Å². The summed E-state index contributed by atoms with van der Waals surface area (Å²) in [7, 11) is 0. The second-order valence-corrected chi connectivity index (χ2v) is 5.20. The molecule has 0 spiro atoms. The molecule has 0 bridgehead atoms. The van der Waals surface area contributed by atoms with Gasteiger partial charge in [-0.15, -0.1) is 0 Å². The summed E-state index contributed by atoms with van der Waals surface area (Å²) in [5.74, 6) is 2.50. The van der Waals surface area contributed by atoms with Gasteiger partial charge in [-0.2, -0.15) is 0 Å². The Morgan fingerprint density at radius 2 is 0.385 bits per heavy atom. The van der Waals surface area contributed by atoms with Crippen molar-refractivity contribution in [2.75, 3.05) is 0 Å². The summed E-state index contributed by atoms with van der Waals surface area (Å²) in [6.07, 6.45) is 0. The predicted molar refractivity (Wildman–Crippen MR) is 68.3 cm³/mol. The average Bonchev–Trinajstić information content (AvgIpc) is 1.54. The van der Waals surface area contributed by atoms with E-state index in [4.69, 9.17) is 0 Å². The van der Waals surface area contributed by atoms with Crippen LogP contribution in [0.5, 0.6) is 0 Å². The summed E-state index contributed by atoms with van der Waals surface area (Å²) in [4.78, 5) is 0. The maximum atomic E-state index is 2.17. The van der Waals surface area contributed by atoms with Gasteiger partial charge in [-0.25, -0.2) is 0 Å². The Bertz CT molecular complexity index is 28.5. The van der Waals surface area contributed by atoms with E-state index in [1.165, 1.54) is 0 Å². The highest BCUT2D eigenvalue weighted by molar-refractivity contribution is 4.21. The zero-order chi connectivity index (χ0) is 10.7. The predicted octanol–water partition coefficient (Wildman–Crippen LogP) is 5.62. The molecule has 0 atom stereocenters. The molecule has 0 aromatic heterocycles. The molecule has 86 valence electrons. The van der Waals surface area contributed by atoms with Gasteiger partial charge in [-0.05, 0) is 17.8 Å². The van der Waals surface area contributed by atoms with Crippen molar-refractivity contribution in [1.82, 2.24) is 0 Å². The number of rotatable bonds is 0. The van der Waals surface area contributed by atoms with Gasteiger partial charge in [0.2, 0.25) is 0 Å². The molecule has 0 rings (SSSR count). The molecule has 13 heavy (non-hydrogen) atoms. The Balaban J connectivity index is -0.0000000450. The Kier molecular flexibility index (Phi) is 31.9. The lowest BCUT2D eigenvalue weighted by Crippen LogP contribution is -1.66. The first-order valence-electron chi connectivity index (χ1n) is 5.20. The van der Waals surface area contributed by atoms with Crippen LogP contribution in [0.2, 0.25) is 0 Å². The summed E-state index contributed by atoms with van der Waals surface area (Å²) in [6.45, 7) is 19.5. The number of hydrogen-bond donors (Lipinski definition) is 0. The fourth-order valence-electron chi connectivity index (χ4n) is 0. The van der Waals surface area contributed by atoms with Crippen molar-refractivity contribution in [2.24, 2.45) is 17.8 Å². The van der Waals surface area contributed by atoms with Crippen LogP contribution in [0.25, 0.3) is 0 Å². The van der Waals surface area contributed by atoms with Gasteiger partial charge in [-0.1, -0.05) is 69.7 Å². The van der Waals surface area contributed by atoms with Crippen LogP contribution < -0.4 is 0 Å². The molecule has 0 amide bonds. The van der Waals surface area contributed by atoms with Gasteiger partial charge in [0.05, 0.1) is 0 Å². The van der Waals surface area contributed by atoms with Crippen molar-refractivity contribution in [2.45, 2.75) is 69.7 Å². The molecule has 0 heteroatoms. The van der Waals surface area contributed by atoms with Crippen LogP contribution >= 0.6 is 0 Å². The van der Waals surface area contributed by atoms with Crippen LogP contribution in [0.15, 0.2) is 0 Å². The van der Waals surface area contributed by atoms with Gasteiger partial charge in [-0.3, -0.25) is 0 Å². The molecule has 0 aromatic carbocycles. The highest BCUT2D eigenvalue weighted by Gasteiger charge is 1.68. The van der Waals surface area contributed by atoms with Gasteiger partial charge in [0, 0.05) is 0 Å². The third kappa shape index (κ3) is 0. The van der Waals surface area contributed by atoms with Gasteiger partial charge in [0.25, 0.3) is 0 Å². The van der Waals surface area contributed by atoms with Gasteiger partial charge in [0.1, 0.15) is 0 Å². The lowest BCUT2D eigenvalue weighted by molar-refractivity contribution is 0.736. The second kappa shape index (κ2) is 17.9. The largest absolute Gasteiger partial charge is 0.0776 e. The van der Waals surface area contributed by atoms with Crippen LogP contribution in [-0.2, 0) is 0 Å². The van der Waals surface area contributed by atoms with Crippen LogP contribution in [0.3, 0.4) is 0 Å².